The van der Waals surface area contributed by atoms with E-state index in [4.69, 9.17) is 0 Å². The average Bonchev–Trinajstić information content (AvgIpc) is 3.33. The molecule has 3 heterocycles. The fraction of sp³-hybridized carbons (Fsp3) is 0.333. The number of hydrogen-bond acceptors (Lipinski definition) is 6. The third-order valence-corrected chi connectivity index (χ3v) is 4.48. The number of benzene rings is 1. The van der Waals surface area contributed by atoms with Gasteiger partial charge in [-0.05, 0) is 37.1 Å². The Morgan fingerprint density at radius 3 is 2.84 bits per heavy atom. The van der Waals surface area contributed by atoms with Crippen molar-refractivity contribution in [3.05, 3.63) is 60.6 Å². The number of para-hydroxylation sites is 1. The third kappa shape index (κ3) is 3.66. The lowest BCUT2D eigenvalue weighted by molar-refractivity contribution is 0.565. The summed E-state index contributed by atoms with van der Waals surface area (Å²) in [6.45, 7) is 2.64. The van der Waals surface area contributed by atoms with Crippen LogP contribution in [0.25, 0.3) is 5.69 Å². The van der Waals surface area contributed by atoms with Crippen LogP contribution in [0.3, 0.4) is 0 Å². The summed E-state index contributed by atoms with van der Waals surface area (Å²) in [5.41, 5.74) is 1.96. The smallest absolute Gasteiger partial charge is 0.151 e. The van der Waals surface area contributed by atoms with Crippen LogP contribution in [0.5, 0.6) is 0 Å². The molecule has 0 bridgehead atoms. The molecule has 0 radical (unpaired) electrons. The van der Waals surface area contributed by atoms with Crippen LogP contribution in [0.4, 0.5) is 5.82 Å². The van der Waals surface area contributed by atoms with Crippen molar-refractivity contribution in [2.45, 2.75) is 25.4 Å². The van der Waals surface area contributed by atoms with Crippen LogP contribution in [0.2, 0.25) is 0 Å². The molecule has 1 aromatic carbocycles. The Labute approximate surface area is 146 Å². The fourth-order valence-corrected chi connectivity index (χ4v) is 3.25. The van der Waals surface area contributed by atoms with Crippen LogP contribution >= 0.6 is 0 Å². The molecule has 1 saturated heterocycles. The van der Waals surface area contributed by atoms with Crippen molar-refractivity contribution in [2.75, 3.05) is 18.0 Å². The number of nitrogens with zero attached hydrogens (tertiary/aromatic N) is 6. The van der Waals surface area contributed by atoms with E-state index in [1.165, 1.54) is 12.8 Å². The number of anilines is 1. The van der Waals surface area contributed by atoms with E-state index in [2.05, 4.69) is 30.7 Å². The molecule has 3 aromatic rings. The summed E-state index contributed by atoms with van der Waals surface area (Å²) in [5, 5.41) is 20.2. The van der Waals surface area contributed by atoms with Crippen LogP contribution in [0.15, 0.2) is 54.9 Å². The van der Waals surface area contributed by atoms with E-state index in [9.17, 15) is 0 Å². The summed E-state index contributed by atoms with van der Waals surface area (Å²) in [6.07, 6.45) is 6.04. The molecule has 1 fully saturated rings. The number of aromatic nitrogens is 5. The Bertz CT molecular complexity index is 787. The molecule has 1 aliphatic heterocycles. The molecule has 4 rings (SSSR count). The molecule has 0 unspecified atom stereocenters. The first kappa shape index (κ1) is 15.7. The van der Waals surface area contributed by atoms with Gasteiger partial charge in [-0.2, -0.15) is 5.10 Å². The third-order valence-electron chi connectivity index (χ3n) is 4.48. The zero-order valence-electron chi connectivity index (χ0n) is 14.0. The molecule has 1 aliphatic rings. The normalized spacial score (nSPS) is 17.1. The lowest BCUT2D eigenvalue weighted by atomic mass is 10.2. The summed E-state index contributed by atoms with van der Waals surface area (Å²) >= 11 is 0. The van der Waals surface area contributed by atoms with E-state index >= 15 is 0 Å². The van der Waals surface area contributed by atoms with Gasteiger partial charge < -0.3 is 10.2 Å². The van der Waals surface area contributed by atoms with Gasteiger partial charge in [-0.15, -0.1) is 10.2 Å². The minimum Gasteiger partial charge on any atom is -0.351 e. The predicted octanol–water partition coefficient (Wildman–Crippen LogP) is 1.82. The number of rotatable bonds is 6. The maximum atomic E-state index is 4.25. The van der Waals surface area contributed by atoms with Gasteiger partial charge in [-0.25, -0.2) is 4.68 Å². The van der Waals surface area contributed by atoms with E-state index in [0.717, 1.165) is 30.3 Å². The Morgan fingerprint density at radius 2 is 2.00 bits per heavy atom. The van der Waals surface area contributed by atoms with Gasteiger partial charge in [-0.3, -0.25) is 0 Å². The van der Waals surface area contributed by atoms with E-state index < -0.39 is 0 Å². The van der Waals surface area contributed by atoms with Crippen molar-refractivity contribution in [3.63, 3.8) is 0 Å². The molecule has 0 spiro atoms. The standard InChI is InChI=1S/C18H21N7/c1-2-6-16(7-3-1)25-14-15(21-23-25)12-19-13-17-8-5-11-24(17)18-9-4-10-20-22-18/h1-4,6-7,9-10,14,17,19H,5,8,11-13H2/t17-/m0/s1. The Kier molecular flexibility index (Phi) is 4.65. The lowest BCUT2D eigenvalue weighted by Crippen LogP contribution is -2.38. The molecule has 0 saturated carbocycles. The Balaban J connectivity index is 1.33. The van der Waals surface area contributed by atoms with Crippen LogP contribution in [-0.2, 0) is 6.54 Å². The van der Waals surface area contributed by atoms with Gasteiger partial charge in [0.15, 0.2) is 5.82 Å². The van der Waals surface area contributed by atoms with E-state index in [-0.39, 0.29) is 0 Å². The fourth-order valence-electron chi connectivity index (χ4n) is 3.25. The highest BCUT2D eigenvalue weighted by Gasteiger charge is 2.25. The van der Waals surface area contributed by atoms with Crippen LogP contribution in [0, 0.1) is 0 Å². The summed E-state index contributed by atoms with van der Waals surface area (Å²) in [7, 11) is 0. The van der Waals surface area contributed by atoms with Crippen molar-refractivity contribution in [2.24, 2.45) is 0 Å². The van der Waals surface area contributed by atoms with Crippen molar-refractivity contribution in [3.8, 4) is 5.69 Å². The molecule has 25 heavy (non-hydrogen) atoms. The molecule has 0 aliphatic carbocycles. The van der Waals surface area contributed by atoms with Crippen LogP contribution in [-0.4, -0.2) is 44.3 Å². The lowest BCUT2D eigenvalue weighted by Gasteiger charge is -2.25. The summed E-state index contributed by atoms with van der Waals surface area (Å²) in [6, 6.07) is 14.4. The molecule has 2 aromatic heterocycles. The van der Waals surface area contributed by atoms with E-state index in [0.29, 0.717) is 12.6 Å². The minimum absolute atomic E-state index is 0.445. The highest BCUT2D eigenvalue weighted by molar-refractivity contribution is 5.39. The molecular formula is C18H21N7. The molecule has 128 valence electrons. The van der Waals surface area contributed by atoms with Crippen LogP contribution in [0.1, 0.15) is 18.5 Å². The van der Waals surface area contributed by atoms with Gasteiger partial charge >= 0.3 is 0 Å². The van der Waals surface area contributed by atoms with Gasteiger partial charge in [0.25, 0.3) is 0 Å². The first-order chi connectivity index (χ1) is 12.4. The number of nitrogens with one attached hydrogen (secondary N) is 1. The van der Waals surface area contributed by atoms with Crippen molar-refractivity contribution < 1.29 is 0 Å². The Hall–Kier alpha value is -2.80. The highest BCUT2D eigenvalue weighted by atomic mass is 15.4. The number of hydrogen-bond donors (Lipinski definition) is 1. The average molecular weight is 335 g/mol. The quantitative estimate of drug-likeness (QED) is 0.741. The van der Waals surface area contributed by atoms with E-state index in [1.807, 2.05) is 48.7 Å². The second kappa shape index (κ2) is 7.40. The molecule has 1 atom stereocenters. The van der Waals surface area contributed by atoms with Gasteiger partial charge in [-0.1, -0.05) is 23.4 Å². The van der Waals surface area contributed by atoms with Gasteiger partial charge in [0.2, 0.25) is 0 Å². The zero-order chi connectivity index (χ0) is 16.9. The van der Waals surface area contributed by atoms with Crippen molar-refractivity contribution >= 4 is 5.82 Å². The minimum atomic E-state index is 0.445. The Morgan fingerprint density at radius 1 is 1.08 bits per heavy atom. The van der Waals surface area contributed by atoms with Crippen molar-refractivity contribution in [1.82, 2.24) is 30.5 Å². The van der Waals surface area contributed by atoms with Crippen LogP contribution < -0.4 is 10.2 Å². The summed E-state index contributed by atoms with van der Waals surface area (Å²) in [5.74, 6) is 0.960. The predicted molar refractivity (Wildman–Crippen MR) is 95.5 cm³/mol. The molecule has 7 heteroatoms. The maximum Gasteiger partial charge on any atom is 0.151 e. The van der Waals surface area contributed by atoms with Gasteiger partial charge in [0, 0.05) is 31.9 Å². The second-order valence-electron chi connectivity index (χ2n) is 6.19. The van der Waals surface area contributed by atoms with Gasteiger partial charge in [0.05, 0.1) is 17.6 Å². The first-order valence-corrected chi connectivity index (χ1v) is 8.62. The molecule has 0 amide bonds. The largest absolute Gasteiger partial charge is 0.351 e. The zero-order valence-corrected chi connectivity index (χ0v) is 14.0. The van der Waals surface area contributed by atoms with Crippen molar-refractivity contribution in [1.29, 1.82) is 0 Å². The summed E-state index contributed by atoms with van der Waals surface area (Å²) in [4.78, 5) is 2.33. The SMILES string of the molecule is c1ccc(-n2cc(CNC[C@@H]3CCCN3c3cccnn3)nn2)cc1. The summed E-state index contributed by atoms with van der Waals surface area (Å²) < 4.78 is 1.80. The monoisotopic (exact) mass is 335 g/mol. The van der Waals surface area contributed by atoms with Gasteiger partial charge in [0.1, 0.15) is 0 Å². The first-order valence-electron chi connectivity index (χ1n) is 8.62. The molecular weight excluding hydrogens is 314 g/mol. The molecule has 7 nitrogen and oxygen atoms in total. The van der Waals surface area contributed by atoms with E-state index in [1.54, 1.807) is 10.9 Å². The molecule has 1 N–H and O–H groups in total. The highest BCUT2D eigenvalue weighted by Crippen LogP contribution is 2.22. The maximum absolute atomic E-state index is 4.25. The second-order valence-corrected chi connectivity index (χ2v) is 6.19. The topological polar surface area (TPSA) is 71.8 Å².